The van der Waals surface area contributed by atoms with Crippen LogP contribution in [0.15, 0.2) is 259 Å². The van der Waals surface area contributed by atoms with Crippen molar-refractivity contribution in [1.29, 1.82) is 0 Å². The summed E-state index contributed by atoms with van der Waals surface area (Å²) in [4.78, 5) is 2.36. The van der Waals surface area contributed by atoms with Crippen molar-refractivity contribution in [1.82, 2.24) is 4.57 Å². The van der Waals surface area contributed by atoms with E-state index in [0.717, 1.165) is 72.3 Å². The fraction of sp³-hybridized carbons (Fsp3) is 0. The molecule has 0 radical (unpaired) electrons. The third kappa shape index (κ3) is 6.76. The summed E-state index contributed by atoms with van der Waals surface area (Å²) in [6.07, 6.45) is 0. The Morgan fingerprint density at radius 2 is 0.776 bits per heavy atom. The Kier molecular flexibility index (Phi) is 9.17. The molecule has 0 aliphatic rings. The lowest BCUT2D eigenvalue weighted by molar-refractivity contribution is 0.673. The zero-order valence-corrected chi connectivity index (χ0v) is 36.6. The Balaban J connectivity index is 0.889. The number of hydrogen-bond acceptors (Lipinski definition) is 2. The smallest absolute Gasteiger partial charge is 0.143 e. The van der Waals surface area contributed by atoms with E-state index in [9.17, 15) is 0 Å². The number of rotatable bonds is 8. The maximum absolute atomic E-state index is 6.63. The highest BCUT2D eigenvalue weighted by Crippen LogP contribution is 2.41. The Labute approximate surface area is 388 Å². The van der Waals surface area contributed by atoms with Crippen LogP contribution in [0.2, 0.25) is 0 Å². The lowest BCUT2D eigenvalue weighted by Crippen LogP contribution is -2.10. The van der Waals surface area contributed by atoms with Crippen molar-refractivity contribution in [2.45, 2.75) is 0 Å². The van der Waals surface area contributed by atoms with Gasteiger partial charge in [0.15, 0.2) is 0 Å². The Hall–Kier alpha value is -8.92. The SMILES string of the molecule is c1ccc(-c2cccc(-c3ccc(N(c4ccc(-c5cccc(-n6c7ccccc7c7ccccc76)c5)cc4)c4cccc(-c5ccc6c(c5)oc5c7ccccc7ccc65)c4)cc3)c2)cc1. The summed E-state index contributed by atoms with van der Waals surface area (Å²) in [5.74, 6) is 0. The van der Waals surface area contributed by atoms with E-state index < -0.39 is 0 Å². The van der Waals surface area contributed by atoms with Gasteiger partial charge in [-0.2, -0.15) is 0 Å². The normalized spacial score (nSPS) is 11.6. The predicted octanol–water partition coefficient (Wildman–Crippen LogP) is 18.0. The molecule has 0 N–H and O–H groups in total. The van der Waals surface area contributed by atoms with Crippen molar-refractivity contribution >= 4 is 71.6 Å². The quantitative estimate of drug-likeness (QED) is 0.152. The second kappa shape index (κ2) is 16.0. The lowest BCUT2D eigenvalue weighted by atomic mass is 9.98. The third-order valence-electron chi connectivity index (χ3n) is 13.4. The van der Waals surface area contributed by atoms with Crippen LogP contribution in [0.1, 0.15) is 0 Å². The van der Waals surface area contributed by atoms with Gasteiger partial charge in [-0.05, 0) is 135 Å². The van der Waals surface area contributed by atoms with Crippen LogP contribution in [0.25, 0.3) is 105 Å². The topological polar surface area (TPSA) is 21.3 Å². The number of benzene rings is 11. The van der Waals surface area contributed by atoms with Crippen LogP contribution >= 0.6 is 0 Å². The van der Waals surface area contributed by atoms with E-state index >= 15 is 0 Å². The van der Waals surface area contributed by atoms with Gasteiger partial charge in [-0.1, -0.05) is 170 Å². The zero-order valence-electron chi connectivity index (χ0n) is 36.6. The number of fused-ring (bicyclic) bond motifs is 8. The average molecular weight is 855 g/mol. The number of hydrogen-bond donors (Lipinski definition) is 0. The first-order valence-electron chi connectivity index (χ1n) is 22.9. The minimum absolute atomic E-state index is 0.885. The van der Waals surface area contributed by atoms with E-state index in [1.54, 1.807) is 0 Å². The number of furan rings is 1. The summed E-state index contributed by atoms with van der Waals surface area (Å²) in [6.45, 7) is 0. The second-order valence-electron chi connectivity index (χ2n) is 17.3. The van der Waals surface area contributed by atoms with Gasteiger partial charge in [0.05, 0.1) is 11.0 Å². The maximum Gasteiger partial charge on any atom is 0.143 e. The monoisotopic (exact) mass is 854 g/mol. The van der Waals surface area contributed by atoms with Crippen LogP contribution in [0, 0.1) is 0 Å². The standard InChI is InChI=1S/C64H42N2O/c1-2-13-43(14-3-1)47-16-10-17-48(39-47)44-27-33-52(34-28-44)65(54-20-12-19-50(41-54)51-32-37-59-60-38-31-46-15-4-5-22-56(46)64(60)67-63(59)42-51)53-35-29-45(30-36-53)49-18-11-21-55(40-49)66-61-25-8-6-23-57(61)58-24-7-9-26-62(58)66/h1-42H. The van der Waals surface area contributed by atoms with E-state index in [2.05, 4.69) is 264 Å². The molecule has 0 unspecified atom stereocenters. The third-order valence-corrected chi connectivity index (χ3v) is 13.4. The summed E-state index contributed by atoms with van der Waals surface area (Å²) < 4.78 is 9.01. The summed E-state index contributed by atoms with van der Waals surface area (Å²) in [7, 11) is 0. The van der Waals surface area contributed by atoms with Crippen LogP contribution in [0.3, 0.4) is 0 Å². The molecular weight excluding hydrogens is 813 g/mol. The molecule has 3 nitrogen and oxygen atoms in total. The molecule has 67 heavy (non-hydrogen) atoms. The van der Waals surface area contributed by atoms with Gasteiger partial charge < -0.3 is 13.9 Å². The molecule has 0 amide bonds. The molecule has 0 aliphatic heterocycles. The highest BCUT2D eigenvalue weighted by Gasteiger charge is 2.17. The second-order valence-corrected chi connectivity index (χ2v) is 17.3. The average Bonchev–Trinajstić information content (AvgIpc) is 3.96. The molecule has 0 fully saturated rings. The van der Waals surface area contributed by atoms with Crippen molar-refractivity contribution in [3.05, 3.63) is 255 Å². The van der Waals surface area contributed by atoms with E-state index in [1.165, 1.54) is 49.4 Å². The largest absolute Gasteiger partial charge is 0.455 e. The molecule has 13 rings (SSSR count). The molecule has 3 heteroatoms. The van der Waals surface area contributed by atoms with Crippen LogP contribution in [0.4, 0.5) is 17.1 Å². The van der Waals surface area contributed by atoms with Crippen LogP contribution in [-0.2, 0) is 0 Å². The lowest BCUT2D eigenvalue weighted by Gasteiger charge is -2.26. The van der Waals surface area contributed by atoms with Crippen molar-refractivity contribution in [3.63, 3.8) is 0 Å². The van der Waals surface area contributed by atoms with Gasteiger partial charge in [0.1, 0.15) is 11.2 Å². The Morgan fingerprint density at radius 3 is 1.46 bits per heavy atom. The van der Waals surface area contributed by atoms with E-state index in [0.29, 0.717) is 0 Å². The van der Waals surface area contributed by atoms with Crippen molar-refractivity contribution in [2.24, 2.45) is 0 Å². The number of para-hydroxylation sites is 2. The summed E-state index contributed by atoms with van der Waals surface area (Å²) in [6, 6.07) is 91.9. The molecular formula is C64H42N2O. The fourth-order valence-electron chi connectivity index (χ4n) is 10.1. The Morgan fingerprint density at radius 1 is 0.284 bits per heavy atom. The van der Waals surface area contributed by atoms with E-state index in [1.807, 2.05) is 0 Å². The molecule has 0 saturated heterocycles. The fourth-order valence-corrected chi connectivity index (χ4v) is 10.1. The van der Waals surface area contributed by atoms with Gasteiger partial charge in [-0.15, -0.1) is 0 Å². The van der Waals surface area contributed by atoms with Crippen LogP contribution in [0.5, 0.6) is 0 Å². The maximum atomic E-state index is 6.63. The van der Waals surface area contributed by atoms with Gasteiger partial charge in [0.25, 0.3) is 0 Å². The van der Waals surface area contributed by atoms with Gasteiger partial charge in [0.2, 0.25) is 0 Å². The first kappa shape index (κ1) is 38.5. The van der Waals surface area contributed by atoms with Crippen molar-refractivity contribution in [3.8, 4) is 50.2 Å². The minimum atomic E-state index is 0.885. The number of nitrogens with zero attached hydrogens (tertiary/aromatic N) is 2. The molecule has 13 aromatic rings. The van der Waals surface area contributed by atoms with Crippen molar-refractivity contribution < 1.29 is 4.42 Å². The Bertz CT molecular complexity index is 3920. The van der Waals surface area contributed by atoms with Gasteiger partial charge in [-0.3, -0.25) is 0 Å². The number of aromatic nitrogens is 1. The van der Waals surface area contributed by atoms with E-state index in [-0.39, 0.29) is 0 Å². The van der Waals surface area contributed by atoms with Crippen LogP contribution < -0.4 is 4.90 Å². The first-order valence-corrected chi connectivity index (χ1v) is 22.9. The van der Waals surface area contributed by atoms with Gasteiger partial charge in [-0.25, -0.2) is 0 Å². The number of anilines is 3. The molecule has 2 heterocycles. The predicted molar refractivity (Wildman–Crippen MR) is 282 cm³/mol. The van der Waals surface area contributed by atoms with E-state index in [4.69, 9.17) is 4.42 Å². The highest BCUT2D eigenvalue weighted by molar-refractivity contribution is 6.15. The summed E-state index contributed by atoms with van der Waals surface area (Å²) in [5, 5.41) is 7.09. The molecule has 11 aromatic carbocycles. The molecule has 0 spiro atoms. The molecule has 0 aliphatic carbocycles. The van der Waals surface area contributed by atoms with Gasteiger partial charge in [0, 0.05) is 49.7 Å². The van der Waals surface area contributed by atoms with Crippen LogP contribution in [-0.4, -0.2) is 4.57 Å². The molecule has 0 atom stereocenters. The molecule has 0 bridgehead atoms. The first-order chi connectivity index (χ1) is 33.2. The molecule has 314 valence electrons. The van der Waals surface area contributed by atoms with Gasteiger partial charge >= 0.3 is 0 Å². The minimum Gasteiger partial charge on any atom is -0.455 e. The zero-order chi connectivity index (χ0) is 44.3. The van der Waals surface area contributed by atoms with Crippen molar-refractivity contribution in [2.75, 3.05) is 4.90 Å². The molecule has 2 aromatic heterocycles. The summed E-state index contributed by atoms with van der Waals surface area (Å²) in [5.41, 5.74) is 17.9. The highest BCUT2D eigenvalue weighted by atomic mass is 16.3. The summed E-state index contributed by atoms with van der Waals surface area (Å²) >= 11 is 0. The molecule has 0 saturated carbocycles.